The number of carbonyl (C=O) groups excluding carboxylic acids is 1. The number of phenolic OH excluding ortho intramolecular Hbond substituents is 1. The fourth-order valence-electron chi connectivity index (χ4n) is 3.69. The monoisotopic (exact) mass is 321 g/mol. The lowest BCUT2D eigenvalue weighted by atomic mass is 10.0. The van der Waals surface area contributed by atoms with Gasteiger partial charge in [-0.3, -0.25) is 0 Å². The van der Waals surface area contributed by atoms with Crippen LogP contribution in [0.15, 0.2) is 12.1 Å². The molecular weight excluding hydrogens is 298 g/mol. The fraction of sp³-hybridized carbons (Fsp3) is 0.588. The van der Waals surface area contributed by atoms with Gasteiger partial charge in [0, 0.05) is 24.9 Å². The number of methoxy groups -OCH3 is 2. The molecule has 6 heteroatoms. The summed E-state index contributed by atoms with van der Waals surface area (Å²) in [7, 11) is 5.01. The molecule has 0 radical (unpaired) electrons. The summed E-state index contributed by atoms with van der Waals surface area (Å²) in [5.74, 6) is -0.140. The fourth-order valence-corrected chi connectivity index (χ4v) is 3.69. The minimum Gasteiger partial charge on any atom is -0.502 e. The lowest BCUT2D eigenvalue weighted by molar-refractivity contribution is -0.000506. The second-order valence-electron chi connectivity index (χ2n) is 6.28. The van der Waals surface area contributed by atoms with Crippen LogP contribution in [-0.2, 0) is 4.74 Å². The van der Waals surface area contributed by atoms with Crippen molar-refractivity contribution in [3.63, 3.8) is 0 Å². The standard InChI is InChI=1S/C17H23NO5/c1-18-11-4-5-12(18)9-13(8-11)23-17(20)10-6-14(21-2)16(19)15(7-10)22-3/h6-7,11-13,19H,4-5,8-9H2,1-3H3. The van der Waals surface area contributed by atoms with Crippen molar-refractivity contribution in [3.05, 3.63) is 17.7 Å². The van der Waals surface area contributed by atoms with Crippen LogP contribution in [0.2, 0.25) is 0 Å². The minimum atomic E-state index is -0.407. The molecule has 2 aliphatic rings. The summed E-state index contributed by atoms with van der Waals surface area (Å²) in [5, 5.41) is 9.92. The molecule has 1 N–H and O–H groups in total. The Hall–Kier alpha value is -1.95. The smallest absolute Gasteiger partial charge is 0.338 e. The molecule has 2 fully saturated rings. The molecule has 0 aliphatic carbocycles. The van der Waals surface area contributed by atoms with Gasteiger partial charge in [0.2, 0.25) is 5.75 Å². The van der Waals surface area contributed by atoms with Gasteiger partial charge < -0.3 is 24.2 Å². The Morgan fingerprint density at radius 1 is 1.13 bits per heavy atom. The van der Waals surface area contributed by atoms with Crippen LogP contribution in [0.5, 0.6) is 17.2 Å². The van der Waals surface area contributed by atoms with Crippen molar-refractivity contribution in [1.82, 2.24) is 4.90 Å². The molecule has 2 heterocycles. The number of benzene rings is 1. The first-order chi connectivity index (χ1) is 11.0. The third-order valence-corrected chi connectivity index (χ3v) is 5.04. The third kappa shape index (κ3) is 2.95. The van der Waals surface area contributed by atoms with Crippen LogP contribution >= 0.6 is 0 Å². The predicted octanol–water partition coefficient (Wildman–Crippen LogP) is 2.19. The topological polar surface area (TPSA) is 68.2 Å². The summed E-state index contributed by atoms with van der Waals surface area (Å²) in [6.45, 7) is 0. The van der Waals surface area contributed by atoms with Gasteiger partial charge in [-0.05, 0) is 32.0 Å². The van der Waals surface area contributed by atoms with Gasteiger partial charge in [-0.2, -0.15) is 0 Å². The van der Waals surface area contributed by atoms with Crippen LogP contribution in [0.3, 0.4) is 0 Å². The number of hydrogen-bond donors (Lipinski definition) is 1. The molecule has 0 saturated carbocycles. The number of ether oxygens (including phenoxy) is 3. The van der Waals surface area contributed by atoms with Crippen LogP contribution in [0.1, 0.15) is 36.0 Å². The average Bonchev–Trinajstić information content (AvgIpc) is 2.76. The van der Waals surface area contributed by atoms with E-state index >= 15 is 0 Å². The minimum absolute atomic E-state index is 0.0537. The number of nitrogens with zero attached hydrogens (tertiary/aromatic N) is 1. The van der Waals surface area contributed by atoms with Crippen molar-refractivity contribution < 1.29 is 24.1 Å². The van der Waals surface area contributed by atoms with E-state index in [1.807, 2.05) is 0 Å². The Labute approximate surface area is 135 Å². The molecule has 2 bridgehead atoms. The van der Waals surface area contributed by atoms with Gasteiger partial charge in [-0.15, -0.1) is 0 Å². The van der Waals surface area contributed by atoms with Gasteiger partial charge in [0.25, 0.3) is 0 Å². The molecule has 2 unspecified atom stereocenters. The van der Waals surface area contributed by atoms with Gasteiger partial charge in [0.15, 0.2) is 11.5 Å². The van der Waals surface area contributed by atoms with E-state index in [2.05, 4.69) is 11.9 Å². The number of esters is 1. The van der Waals surface area contributed by atoms with Crippen LogP contribution in [0, 0.1) is 0 Å². The van der Waals surface area contributed by atoms with Gasteiger partial charge in [-0.1, -0.05) is 0 Å². The van der Waals surface area contributed by atoms with Crippen molar-refractivity contribution in [1.29, 1.82) is 0 Å². The first-order valence-electron chi connectivity index (χ1n) is 7.91. The van der Waals surface area contributed by atoms with Crippen molar-refractivity contribution in [3.8, 4) is 17.2 Å². The Kier molecular flexibility index (Phi) is 4.35. The Balaban J connectivity index is 1.74. The lowest BCUT2D eigenvalue weighted by Gasteiger charge is -2.35. The summed E-state index contributed by atoms with van der Waals surface area (Å²) < 4.78 is 15.9. The molecular formula is C17H23NO5. The van der Waals surface area contributed by atoms with E-state index in [0.29, 0.717) is 17.6 Å². The van der Waals surface area contributed by atoms with E-state index in [1.54, 1.807) is 0 Å². The van der Waals surface area contributed by atoms with Gasteiger partial charge >= 0.3 is 5.97 Å². The zero-order valence-electron chi connectivity index (χ0n) is 13.7. The number of hydrogen-bond acceptors (Lipinski definition) is 6. The summed E-state index contributed by atoms with van der Waals surface area (Å²) in [6.07, 6.45) is 4.06. The average molecular weight is 321 g/mol. The highest BCUT2D eigenvalue weighted by Gasteiger charge is 2.40. The molecule has 126 valence electrons. The SMILES string of the molecule is COc1cc(C(=O)OC2CC3CCC(C2)N3C)cc(OC)c1O. The van der Waals surface area contributed by atoms with E-state index in [-0.39, 0.29) is 23.4 Å². The molecule has 1 aromatic rings. The van der Waals surface area contributed by atoms with Crippen LogP contribution in [-0.4, -0.2) is 55.4 Å². The van der Waals surface area contributed by atoms with Crippen molar-refractivity contribution >= 4 is 5.97 Å². The maximum Gasteiger partial charge on any atom is 0.338 e. The Bertz CT molecular complexity index is 564. The van der Waals surface area contributed by atoms with E-state index in [4.69, 9.17) is 14.2 Å². The number of phenols is 1. The summed E-state index contributed by atoms with van der Waals surface area (Å²) in [5.41, 5.74) is 0.322. The number of fused-ring (bicyclic) bond motifs is 2. The highest BCUT2D eigenvalue weighted by molar-refractivity contribution is 5.91. The first kappa shape index (κ1) is 15.9. The third-order valence-electron chi connectivity index (χ3n) is 5.04. The van der Waals surface area contributed by atoms with E-state index < -0.39 is 5.97 Å². The van der Waals surface area contributed by atoms with E-state index in [1.165, 1.54) is 39.2 Å². The second-order valence-corrected chi connectivity index (χ2v) is 6.28. The maximum absolute atomic E-state index is 12.4. The van der Waals surface area contributed by atoms with E-state index in [9.17, 15) is 9.90 Å². The lowest BCUT2D eigenvalue weighted by Crippen LogP contribution is -2.43. The van der Waals surface area contributed by atoms with E-state index in [0.717, 1.165) is 12.8 Å². The molecule has 6 nitrogen and oxygen atoms in total. The number of carbonyl (C=O) groups is 1. The molecule has 2 atom stereocenters. The van der Waals surface area contributed by atoms with Gasteiger partial charge in [0.05, 0.1) is 19.8 Å². The van der Waals surface area contributed by atoms with Crippen molar-refractivity contribution in [2.24, 2.45) is 0 Å². The molecule has 0 amide bonds. The molecule has 3 rings (SSSR count). The molecule has 0 aromatic heterocycles. The number of piperidine rings is 1. The van der Waals surface area contributed by atoms with Crippen LogP contribution < -0.4 is 9.47 Å². The predicted molar refractivity (Wildman–Crippen MR) is 84.2 cm³/mol. The zero-order chi connectivity index (χ0) is 16.6. The Morgan fingerprint density at radius 3 is 2.13 bits per heavy atom. The molecule has 2 saturated heterocycles. The van der Waals surface area contributed by atoms with Crippen molar-refractivity contribution in [2.45, 2.75) is 43.9 Å². The van der Waals surface area contributed by atoms with Crippen molar-refractivity contribution in [2.75, 3.05) is 21.3 Å². The summed E-state index contributed by atoms with van der Waals surface area (Å²) >= 11 is 0. The Morgan fingerprint density at radius 2 is 1.65 bits per heavy atom. The first-order valence-corrected chi connectivity index (χ1v) is 7.91. The number of aromatic hydroxyl groups is 1. The largest absolute Gasteiger partial charge is 0.502 e. The number of rotatable bonds is 4. The molecule has 23 heavy (non-hydrogen) atoms. The second kappa shape index (κ2) is 6.28. The molecule has 2 aliphatic heterocycles. The van der Waals surface area contributed by atoms with Gasteiger partial charge in [-0.25, -0.2) is 4.79 Å². The summed E-state index contributed by atoms with van der Waals surface area (Å²) in [6, 6.07) is 3.97. The normalized spacial score (nSPS) is 26.8. The van der Waals surface area contributed by atoms with Gasteiger partial charge in [0.1, 0.15) is 6.10 Å². The molecule has 1 aromatic carbocycles. The van der Waals surface area contributed by atoms with Crippen LogP contribution in [0.25, 0.3) is 0 Å². The maximum atomic E-state index is 12.4. The highest BCUT2D eigenvalue weighted by Crippen LogP contribution is 2.38. The molecule has 0 spiro atoms. The zero-order valence-corrected chi connectivity index (χ0v) is 13.7. The van der Waals surface area contributed by atoms with Crippen LogP contribution in [0.4, 0.5) is 0 Å². The summed E-state index contributed by atoms with van der Waals surface area (Å²) in [4.78, 5) is 14.8. The highest BCUT2D eigenvalue weighted by atomic mass is 16.5. The quantitative estimate of drug-likeness (QED) is 0.858.